The van der Waals surface area contributed by atoms with Gasteiger partial charge < -0.3 is 20.7 Å². The quantitative estimate of drug-likeness (QED) is 0.600. The first-order valence-corrected chi connectivity index (χ1v) is 8.39. The van der Waals surface area contributed by atoms with Gasteiger partial charge in [-0.2, -0.15) is 0 Å². The van der Waals surface area contributed by atoms with Gasteiger partial charge >= 0.3 is 0 Å². The minimum absolute atomic E-state index is 0.0773. The van der Waals surface area contributed by atoms with Gasteiger partial charge in [0.05, 0.1) is 25.9 Å². The average molecular weight is 395 g/mol. The summed E-state index contributed by atoms with van der Waals surface area (Å²) in [6.45, 7) is 1.32. The predicted octanol–water partition coefficient (Wildman–Crippen LogP) is 2.52. The molecule has 2 amide bonds. The van der Waals surface area contributed by atoms with E-state index < -0.39 is 41.5 Å². The predicted molar refractivity (Wildman–Crippen MR) is 97.4 cm³/mol. The maximum atomic E-state index is 13.5. The van der Waals surface area contributed by atoms with E-state index in [1.54, 1.807) is 13.2 Å². The Hall–Kier alpha value is -3.07. The number of ether oxygens (including phenoxy) is 1. The third-order valence-electron chi connectivity index (χ3n) is 3.93. The van der Waals surface area contributed by atoms with Crippen LogP contribution in [0.25, 0.3) is 0 Å². The number of anilines is 1. The van der Waals surface area contributed by atoms with Gasteiger partial charge in [-0.05, 0) is 25.1 Å². The molecule has 0 aliphatic heterocycles. The third-order valence-corrected chi connectivity index (χ3v) is 3.93. The van der Waals surface area contributed by atoms with Gasteiger partial charge in [0.15, 0.2) is 17.5 Å². The number of carbonyl (C=O) groups excluding carboxylic acids is 2. The minimum Gasteiger partial charge on any atom is -0.496 e. The number of hydrogen-bond donors (Lipinski definition) is 3. The molecule has 28 heavy (non-hydrogen) atoms. The highest BCUT2D eigenvalue weighted by Crippen LogP contribution is 2.24. The van der Waals surface area contributed by atoms with Crippen molar-refractivity contribution in [1.29, 1.82) is 0 Å². The molecule has 0 fully saturated rings. The molecule has 2 aromatic rings. The zero-order valence-electron chi connectivity index (χ0n) is 15.3. The van der Waals surface area contributed by atoms with Gasteiger partial charge in [-0.15, -0.1) is 0 Å². The Bertz CT molecular complexity index is 862. The smallest absolute Gasteiger partial charge is 0.243 e. The van der Waals surface area contributed by atoms with Gasteiger partial charge in [-0.3, -0.25) is 9.59 Å². The van der Waals surface area contributed by atoms with Crippen LogP contribution < -0.4 is 20.7 Å². The van der Waals surface area contributed by atoms with Crippen molar-refractivity contribution in [1.82, 2.24) is 10.6 Å². The van der Waals surface area contributed by atoms with Gasteiger partial charge in [0.1, 0.15) is 5.75 Å². The Kier molecular flexibility index (Phi) is 7.39. The molecule has 2 aromatic carbocycles. The van der Waals surface area contributed by atoms with E-state index in [9.17, 15) is 22.8 Å². The molecule has 0 aromatic heterocycles. The lowest BCUT2D eigenvalue weighted by Crippen LogP contribution is -2.39. The molecule has 2 rings (SSSR count). The molecule has 0 heterocycles. The van der Waals surface area contributed by atoms with Crippen LogP contribution in [-0.2, 0) is 9.59 Å². The molecule has 0 bridgehead atoms. The maximum absolute atomic E-state index is 13.5. The van der Waals surface area contributed by atoms with Crippen LogP contribution in [0, 0.1) is 17.5 Å². The molecule has 0 aliphatic rings. The van der Waals surface area contributed by atoms with Crippen molar-refractivity contribution in [3.05, 3.63) is 59.4 Å². The highest BCUT2D eigenvalue weighted by molar-refractivity contribution is 5.94. The normalized spacial score (nSPS) is 11.6. The molecule has 1 atom stereocenters. The van der Waals surface area contributed by atoms with Crippen molar-refractivity contribution in [2.45, 2.75) is 13.0 Å². The molecule has 0 aliphatic carbocycles. The van der Waals surface area contributed by atoms with Crippen LogP contribution in [0.3, 0.4) is 0 Å². The first-order chi connectivity index (χ1) is 13.3. The van der Waals surface area contributed by atoms with E-state index in [1.807, 2.05) is 25.1 Å². The number of carbonyl (C=O) groups is 2. The molecular formula is C19H20F3N3O3. The first-order valence-electron chi connectivity index (χ1n) is 8.39. The number of benzene rings is 2. The number of hydrogen-bond acceptors (Lipinski definition) is 4. The molecule has 0 radical (unpaired) electrons. The summed E-state index contributed by atoms with van der Waals surface area (Å²) in [5.74, 6) is -5.13. The molecule has 0 unspecified atom stereocenters. The summed E-state index contributed by atoms with van der Waals surface area (Å²) >= 11 is 0. The van der Waals surface area contributed by atoms with Gasteiger partial charge in [-0.25, -0.2) is 13.2 Å². The van der Waals surface area contributed by atoms with E-state index in [1.165, 1.54) is 0 Å². The van der Waals surface area contributed by atoms with Crippen LogP contribution in [-0.4, -0.2) is 32.0 Å². The second kappa shape index (κ2) is 9.75. The second-order valence-electron chi connectivity index (χ2n) is 5.89. The maximum Gasteiger partial charge on any atom is 0.243 e. The monoisotopic (exact) mass is 395 g/mol. The van der Waals surface area contributed by atoms with Gasteiger partial charge in [0.25, 0.3) is 0 Å². The third kappa shape index (κ3) is 5.46. The Morgan fingerprint density at radius 2 is 1.71 bits per heavy atom. The van der Waals surface area contributed by atoms with Crippen LogP contribution in [0.1, 0.15) is 18.5 Å². The summed E-state index contributed by atoms with van der Waals surface area (Å²) in [4.78, 5) is 23.7. The Balaban J connectivity index is 1.81. The fourth-order valence-electron chi connectivity index (χ4n) is 2.44. The highest BCUT2D eigenvalue weighted by atomic mass is 19.2. The van der Waals surface area contributed by atoms with Crippen molar-refractivity contribution < 1.29 is 27.5 Å². The van der Waals surface area contributed by atoms with Crippen LogP contribution in [0.4, 0.5) is 18.9 Å². The summed E-state index contributed by atoms with van der Waals surface area (Å²) in [5, 5.41) is 7.41. The van der Waals surface area contributed by atoms with Crippen LogP contribution in [0.2, 0.25) is 0 Å². The zero-order chi connectivity index (χ0) is 20.7. The number of amides is 2. The number of nitrogens with one attached hydrogen (secondary N) is 3. The molecule has 150 valence electrons. The van der Waals surface area contributed by atoms with Gasteiger partial charge in [0.2, 0.25) is 11.8 Å². The Labute approximate surface area is 160 Å². The SMILES string of the molecule is COc1ccccc1[C@@H](C)NCC(=O)NCC(=O)Nc1ccc(F)c(F)c1F. The van der Waals surface area contributed by atoms with Crippen molar-refractivity contribution in [3.8, 4) is 5.75 Å². The standard InChI is InChI=1S/C19H20F3N3O3/c1-11(12-5-3-4-6-15(12)28-2)23-9-16(26)24-10-17(27)25-14-8-7-13(20)18(21)19(14)22/h3-8,11,23H,9-10H2,1-2H3,(H,24,26)(H,25,27)/t11-/m1/s1. The largest absolute Gasteiger partial charge is 0.496 e. The summed E-state index contributed by atoms with van der Waals surface area (Å²) in [7, 11) is 1.55. The lowest BCUT2D eigenvalue weighted by atomic mass is 10.1. The van der Waals surface area contributed by atoms with Gasteiger partial charge in [0, 0.05) is 11.6 Å². The van der Waals surface area contributed by atoms with E-state index in [0.717, 1.165) is 11.6 Å². The summed E-state index contributed by atoms with van der Waals surface area (Å²) in [6.07, 6.45) is 0. The van der Waals surface area contributed by atoms with Gasteiger partial charge in [-0.1, -0.05) is 18.2 Å². The van der Waals surface area contributed by atoms with Crippen LogP contribution >= 0.6 is 0 Å². The molecule has 6 nitrogen and oxygen atoms in total. The van der Waals surface area contributed by atoms with Crippen molar-refractivity contribution >= 4 is 17.5 Å². The van der Waals surface area contributed by atoms with Crippen molar-refractivity contribution in [3.63, 3.8) is 0 Å². The summed E-state index contributed by atoms with van der Waals surface area (Å²) in [5.41, 5.74) is 0.352. The second-order valence-corrected chi connectivity index (χ2v) is 5.89. The molecule has 0 saturated heterocycles. The molecular weight excluding hydrogens is 375 g/mol. The summed E-state index contributed by atoms with van der Waals surface area (Å²) < 4.78 is 44.8. The zero-order valence-corrected chi connectivity index (χ0v) is 15.3. The number of para-hydroxylation sites is 1. The lowest BCUT2D eigenvalue weighted by molar-refractivity contribution is -0.123. The van der Waals surface area contributed by atoms with Crippen molar-refractivity contribution in [2.24, 2.45) is 0 Å². The van der Waals surface area contributed by atoms with Crippen LogP contribution in [0.5, 0.6) is 5.75 Å². The number of rotatable bonds is 8. The van der Waals surface area contributed by atoms with Crippen LogP contribution in [0.15, 0.2) is 36.4 Å². The Morgan fingerprint density at radius 3 is 2.43 bits per heavy atom. The number of methoxy groups -OCH3 is 1. The molecule has 0 spiro atoms. The Morgan fingerprint density at radius 1 is 1.00 bits per heavy atom. The van der Waals surface area contributed by atoms with E-state index in [-0.39, 0.29) is 12.6 Å². The highest BCUT2D eigenvalue weighted by Gasteiger charge is 2.16. The topological polar surface area (TPSA) is 79.5 Å². The van der Waals surface area contributed by atoms with E-state index in [0.29, 0.717) is 11.8 Å². The van der Waals surface area contributed by atoms with E-state index in [2.05, 4.69) is 16.0 Å². The number of halogens is 3. The van der Waals surface area contributed by atoms with E-state index >= 15 is 0 Å². The average Bonchev–Trinajstić information content (AvgIpc) is 2.70. The summed E-state index contributed by atoms with van der Waals surface area (Å²) in [6, 6.07) is 8.73. The molecule has 3 N–H and O–H groups in total. The van der Waals surface area contributed by atoms with Crippen molar-refractivity contribution in [2.75, 3.05) is 25.5 Å². The molecule has 0 saturated carbocycles. The fraction of sp³-hybridized carbons (Fsp3) is 0.263. The lowest BCUT2D eigenvalue weighted by Gasteiger charge is -2.17. The minimum atomic E-state index is -1.68. The van der Waals surface area contributed by atoms with E-state index in [4.69, 9.17) is 4.74 Å². The molecule has 9 heteroatoms. The first kappa shape index (κ1) is 21.2. The fourth-order valence-corrected chi connectivity index (χ4v) is 2.44.